The van der Waals surface area contributed by atoms with Crippen LogP contribution in [0.25, 0.3) is 0 Å². The molecule has 0 aromatic rings. The van der Waals surface area contributed by atoms with Crippen molar-refractivity contribution in [1.82, 2.24) is 0 Å². The molecule has 2 N–H and O–H groups in total. The zero-order chi connectivity index (χ0) is 7.71. The number of hydrogen-bond donors (Lipinski definition) is 2. The Morgan fingerprint density at radius 3 is 1.09 bits per heavy atom. The van der Waals surface area contributed by atoms with Gasteiger partial charge in [-0.25, -0.2) is 0 Å². The summed E-state index contributed by atoms with van der Waals surface area (Å²) in [6.45, 7) is 0. The van der Waals surface area contributed by atoms with Gasteiger partial charge in [-0.05, 0) is 0 Å². The summed E-state index contributed by atoms with van der Waals surface area (Å²) >= 11 is -2.19. The standard InChI is InChI=1S/Cd.H2O6S2Se.S/c;1-7(2,3)9-8(4,5)6;/h;(H,1,2,3)(H,4,5,6);/q+2;;-2. The van der Waals surface area contributed by atoms with Crippen LogP contribution in [0.3, 0.4) is 0 Å². The molecule has 11 heavy (non-hydrogen) atoms. The van der Waals surface area contributed by atoms with Crippen molar-refractivity contribution in [2.75, 3.05) is 0 Å². The monoisotopic (exact) mass is 388 g/mol. The Hall–Kier alpha value is 1.61. The molecule has 0 rings (SSSR count). The van der Waals surface area contributed by atoms with Crippen LogP contribution in [0.4, 0.5) is 0 Å². The minimum atomic E-state index is -4.56. The van der Waals surface area contributed by atoms with Crippen LogP contribution in [0, 0.1) is 0 Å². The van der Waals surface area contributed by atoms with E-state index in [2.05, 4.69) is 0 Å². The van der Waals surface area contributed by atoms with Crippen LogP contribution >= 0.6 is 0 Å². The molecule has 64 valence electrons. The van der Waals surface area contributed by atoms with Crippen LogP contribution in [0.5, 0.6) is 0 Å². The summed E-state index contributed by atoms with van der Waals surface area (Å²) in [5.41, 5.74) is 0. The molecule has 0 spiro atoms. The Kier molecular flexibility index (Phi) is 10.2. The Bertz CT molecular complexity index is 243. The van der Waals surface area contributed by atoms with E-state index in [-0.39, 0.29) is 40.8 Å². The molecule has 0 aliphatic heterocycles. The minimum Gasteiger partial charge on any atom is -2.00 e. The van der Waals surface area contributed by atoms with Gasteiger partial charge in [-0.1, -0.05) is 0 Å². The maximum Gasteiger partial charge on any atom is 2.00 e. The van der Waals surface area contributed by atoms with E-state index in [1.165, 1.54) is 0 Å². The third kappa shape index (κ3) is 18.5. The Morgan fingerprint density at radius 1 is 0.909 bits per heavy atom. The molecule has 0 unspecified atom stereocenters. The van der Waals surface area contributed by atoms with Crippen molar-refractivity contribution >= 4 is 43.3 Å². The predicted molar refractivity (Wildman–Crippen MR) is 36.2 cm³/mol. The van der Waals surface area contributed by atoms with Gasteiger partial charge in [-0.3, -0.25) is 0 Å². The van der Waals surface area contributed by atoms with E-state index in [1.807, 2.05) is 0 Å². The average molecular weight is 386 g/mol. The fraction of sp³-hybridized carbons (Fsp3) is 0. The second-order valence-electron chi connectivity index (χ2n) is 0.924. The van der Waals surface area contributed by atoms with E-state index >= 15 is 0 Å². The van der Waals surface area contributed by atoms with Crippen molar-refractivity contribution in [2.24, 2.45) is 0 Å². The molecule has 0 aromatic carbocycles. The smallest absolute Gasteiger partial charge is 2.00 e. The third-order valence-corrected chi connectivity index (χ3v) is 8.04. The second kappa shape index (κ2) is 6.12. The summed E-state index contributed by atoms with van der Waals surface area (Å²) in [7, 11) is -9.11. The fourth-order valence-corrected chi connectivity index (χ4v) is 5.08. The zero-order valence-corrected chi connectivity index (χ0v) is 13.1. The fourth-order valence-electron chi connectivity index (χ4n) is 0.109. The van der Waals surface area contributed by atoms with Gasteiger partial charge in [0.25, 0.3) is 0 Å². The molecule has 0 fully saturated rings. The second-order valence-corrected chi connectivity index (χ2v) is 11.1. The molecule has 0 aliphatic rings. The van der Waals surface area contributed by atoms with E-state index in [9.17, 15) is 16.8 Å². The number of hydrogen-bond acceptors (Lipinski definition) is 4. The zero-order valence-electron chi connectivity index (χ0n) is 4.87. The van der Waals surface area contributed by atoms with E-state index < -0.39 is 29.8 Å². The topological polar surface area (TPSA) is 109 Å². The molecule has 0 aliphatic carbocycles. The van der Waals surface area contributed by atoms with Crippen molar-refractivity contribution in [3.05, 3.63) is 0 Å². The van der Waals surface area contributed by atoms with E-state index in [0.717, 1.165) is 0 Å². The molecule has 6 nitrogen and oxygen atoms in total. The Balaban J connectivity index is -0.000000320. The average Bonchev–Trinajstić information content (AvgIpc) is 1.14. The summed E-state index contributed by atoms with van der Waals surface area (Å²) in [6.07, 6.45) is 0. The van der Waals surface area contributed by atoms with Gasteiger partial charge in [0.15, 0.2) is 0 Å². The van der Waals surface area contributed by atoms with Crippen molar-refractivity contribution in [1.29, 1.82) is 0 Å². The maximum atomic E-state index is 9.69. The quantitative estimate of drug-likeness (QED) is 0.433. The summed E-state index contributed by atoms with van der Waals surface area (Å²) in [5, 5.41) is 0. The molecule has 0 heterocycles. The summed E-state index contributed by atoms with van der Waals surface area (Å²) in [5.74, 6) is 0. The van der Waals surface area contributed by atoms with Crippen molar-refractivity contribution < 1.29 is 53.2 Å². The van der Waals surface area contributed by atoms with Gasteiger partial charge in [-0.15, -0.1) is 0 Å². The van der Waals surface area contributed by atoms with Crippen molar-refractivity contribution in [2.45, 2.75) is 0 Å². The van der Waals surface area contributed by atoms with Crippen LogP contribution in [-0.4, -0.2) is 38.7 Å². The molecule has 0 bridgehead atoms. The van der Waals surface area contributed by atoms with Crippen LogP contribution in [0.2, 0.25) is 0 Å². The molecule has 0 amide bonds. The largest absolute Gasteiger partial charge is 2.00 e. The van der Waals surface area contributed by atoms with Gasteiger partial charge in [0.1, 0.15) is 0 Å². The Labute approximate surface area is 95.5 Å². The molecular weight excluding hydrogens is 384 g/mol. The molecule has 0 radical (unpaired) electrons. The summed E-state index contributed by atoms with van der Waals surface area (Å²) in [6, 6.07) is 0. The van der Waals surface area contributed by atoms with Crippen molar-refractivity contribution in [3.63, 3.8) is 0 Å². The minimum absolute atomic E-state index is 0. The van der Waals surface area contributed by atoms with Crippen LogP contribution in [0.1, 0.15) is 0 Å². The predicted octanol–water partition coefficient (Wildman–Crippen LogP) is -1.71. The van der Waals surface area contributed by atoms with Crippen LogP contribution in [-0.2, 0) is 57.9 Å². The third-order valence-electron chi connectivity index (χ3n) is 0.172. The van der Waals surface area contributed by atoms with Gasteiger partial charge in [-0.2, -0.15) is 0 Å². The SMILES string of the molecule is O=S(=O)(O)[Se]S(=O)(=O)O.[Cd+2].[S-2]. The van der Waals surface area contributed by atoms with E-state index in [4.69, 9.17) is 9.11 Å². The molecule has 0 aromatic heterocycles. The molecule has 0 atom stereocenters. The summed E-state index contributed by atoms with van der Waals surface area (Å²) in [4.78, 5) is 0. The first-order valence-electron chi connectivity index (χ1n) is 1.37. The van der Waals surface area contributed by atoms with Gasteiger partial charge in [0, 0.05) is 0 Å². The van der Waals surface area contributed by atoms with Gasteiger partial charge in [0.2, 0.25) is 0 Å². The van der Waals surface area contributed by atoms with Crippen molar-refractivity contribution in [3.8, 4) is 0 Å². The van der Waals surface area contributed by atoms with Crippen LogP contribution < -0.4 is 0 Å². The first kappa shape index (κ1) is 18.4. The van der Waals surface area contributed by atoms with Gasteiger partial charge >= 0.3 is 83.0 Å². The van der Waals surface area contributed by atoms with E-state index in [0.29, 0.717) is 0 Å². The van der Waals surface area contributed by atoms with Gasteiger partial charge < -0.3 is 13.5 Å². The van der Waals surface area contributed by atoms with Gasteiger partial charge in [0.05, 0.1) is 0 Å². The Morgan fingerprint density at radius 2 is 1.09 bits per heavy atom. The molecule has 0 saturated heterocycles. The molecular formula is H2CdO6S3Se. The first-order chi connectivity index (χ1) is 3.71. The molecule has 0 saturated carbocycles. The normalized spacial score (nSPS) is 11.1. The molecule has 11 heteroatoms. The van der Waals surface area contributed by atoms with E-state index in [1.54, 1.807) is 0 Å². The number of rotatable bonds is 2. The maximum absolute atomic E-state index is 9.69. The van der Waals surface area contributed by atoms with Crippen LogP contribution in [0.15, 0.2) is 0 Å². The summed E-state index contributed by atoms with van der Waals surface area (Å²) < 4.78 is 54.4. The first-order valence-corrected chi connectivity index (χ1v) is 8.29.